The van der Waals surface area contributed by atoms with Gasteiger partial charge in [-0.15, -0.1) is 0 Å². The molecule has 0 atom stereocenters. The minimum Gasteiger partial charge on any atom is 0 e. The summed E-state index contributed by atoms with van der Waals surface area (Å²) in [6.45, 7) is 0. The van der Waals surface area contributed by atoms with E-state index in [4.69, 9.17) is 0 Å². The summed E-state index contributed by atoms with van der Waals surface area (Å²) in [6.07, 6.45) is 0. The molecule has 0 amide bonds. The van der Waals surface area contributed by atoms with Gasteiger partial charge in [0.2, 0.25) is 0 Å². The minimum absolute atomic E-state index is 0. The molecule has 0 saturated heterocycles. The minimum atomic E-state index is 0. The first-order valence-electron chi connectivity index (χ1n) is 0. The molecule has 0 aromatic carbocycles. The third kappa shape index (κ3) is 8.83. The quantitative estimate of drug-likeness (QED) is 0.337. The Morgan fingerprint density at radius 1 is 0.500 bits per heavy atom. The van der Waals surface area contributed by atoms with Gasteiger partial charge >= 0.3 is 0 Å². The van der Waals surface area contributed by atoms with Crippen molar-refractivity contribution in [2.75, 3.05) is 0 Å². The van der Waals surface area contributed by atoms with Crippen LogP contribution in [0.3, 0.4) is 0 Å². The van der Waals surface area contributed by atoms with E-state index in [0.29, 0.717) is 0 Å². The fourth-order valence-electron chi connectivity index (χ4n) is 0. The van der Waals surface area contributed by atoms with Crippen LogP contribution in [0, 0.1) is 0 Å². The molecule has 0 fully saturated rings. The molecule has 1 radical (unpaired) electrons. The first kappa shape index (κ1) is 29.9. The zero-order valence-corrected chi connectivity index (χ0v) is 3.42. The van der Waals surface area contributed by atoms with Gasteiger partial charge in [0, 0.05) is 32.7 Å². The van der Waals surface area contributed by atoms with Crippen molar-refractivity contribution in [2.24, 2.45) is 0 Å². The van der Waals surface area contributed by atoms with Gasteiger partial charge in [-0.2, -0.15) is 0 Å². The van der Waals surface area contributed by atoms with Crippen LogP contribution < -0.4 is 0 Å². The average molecular weight is 179 g/mol. The van der Waals surface area contributed by atoms with Crippen LogP contribution in [-0.4, -0.2) is 52.1 Å². The third-order valence-electron chi connectivity index (χ3n) is 0. The Kier molecular flexibility index (Phi) is 129. The Balaban J connectivity index is 0. The largest absolute Gasteiger partial charge is 0.187 e. The molecular weight excluding hydrogens is 170 g/mol. The van der Waals surface area contributed by atoms with Crippen molar-refractivity contribution in [1.82, 2.24) is 0 Å². The number of hydrogen-bond acceptors (Lipinski definition) is 0. The molecule has 4 heavy (non-hydrogen) atoms. The Bertz CT molecular complexity index is 3.25. The zero-order chi connectivity index (χ0) is 0. The molecule has 0 N–H and O–H groups in total. The Morgan fingerprint density at radius 2 is 0.500 bits per heavy atom. The number of hydrogen-bond donors (Lipinski definition) is 0. The first-order chi connectivity index (χ1) is 0. The summed E-state index contributed by atoms with van der Waals surface area (Å²) in [4.78, 5) is 0. The predicted molar refractivity (Wildman–Crippen MR) is 29.8 cm³/mol. The second-order valence-electron chi connectivity index (χ2n) is 0. The van der Waals surface area contributed by atoms with E-state index < -0.39 is 0 Å². The summed E-state index contributed by atoms with van der Waals surface area (Å²) in [5.74, 6) is 0. The smallest absolute Gasteiger partial charge is 0 e. The molecule has 0 bridgehead atoms. The van der Waals surface area contributed by atoms with E-state index >= 15 is 0 Å². The van der Waals surface area contributed by atoms with Gasteiger partial charge in [0.15, 0.2) is 52.1 Å². The van der Waals surface area contributed by atoms with Crippen LogP contribution in [0.5, 0.6) is 0 Å². The summed E-state index contributed by atoms with van der Waals surface area (Å²) in [5, 5.41) is 0. The third-order valence-corrected chi connectivity index (χ3v) is 0. The normalized spacial score (nSPS) is 0. The molecule has 0 aromatic heterocycles. The summed E-state index contributed by atoms with van der Waals surface area (Å²) in [7, 11) is 0. The van der Waals surface area contributed by atoms with Crippen molar-refractivity contribution >= 4 is 52.1 Å². The molecule has 0 rings (SSSR count). The topological polar surface area (TPSA) is 0 Å². The Morgan fingerprint density at radius 3 is 0.500 bits per heavy atom. The van der Waals surface area contributed by atoms with Gasteiger partial charge in [-0.3, -0.25) is 0 Å². The van der Waals surface area contributed by atoms with Crippen LogP contribution in [0.25, 0.3) is 0 Å². The van der Waals surface area contributed by atoms with Gasteiger partial charge in [0.1, 0.15) is 0 Å². The summed E-state index contributed by atoms with van der Waals surface area (Å²) >= 11 is 0. The van der Waals surface area contributed by atoms with Gasteiger partial charge in [-0.1, -0.05) is 0 Å². The van der Waals surface area contributed by atoms with Crippen LogP contribution in [0.4, 0.5) is 0 Å². The van der Waals surface area contributed by atoms with E-state index in [9.17, 15) is 0 Å². The van der Waals surface area contributed by atoms with E-state index in [2.05, 4.69) is 0 Å². The van der Waals surface area contributed by atoms with Gasteiger partial charge < -0.3 is 0 Å². The van der Waals surface area contributed by atoms with Crippen molar-refractivity contribution in [1.29, 1.82) is 0 Å². The maximum Gasteiger partial charge on any atom is 0.187 e. The van der Waals surface area contributed by atoms with Gasteiger partial charge in [-0.05, 0) is 0 Å². The van der Waals surface area contributed by atoms with E-state index in [0.717, 1.165) is 0 Å². The summed E-state index contributed by atoms with van der Waals surface area (Å²) in [6, 6.07) is 0. The number of rotatable bonds is 0. The van der Waals surface area contributed by atoms with Crippen molar-refractivity contribution in [3.8, 4) is 0 Å². The van der Waals surface area contributed by atoms with Crippen LogP contribution in [0.2, 0.25) is 0 Å². The van der Waals surface area contributed by atoms with Crippen molar-refractivity contribution in [2.45, 2.75) is 0 Å². The summed E-state index contributed by atoms with van der Waals surface area (Å²) < 4.78 is 0. The molecule has 0 aliphatic heterocycles. The molecule has 0 aromatic rings. The molecule has 0 heterocycles. The van der Waals surface area contributed by atoms with Crippen LogP contribution >= 0.6 is 0 Å². The summed E-state index contributed by atoms with van der Waals surface area (Å²) in [5.41, 5.74) is 0. The SMILES string of the molecule is [AlH3].[AlH3].[AlH3].[Y]. The monoisotopic (exact) mass is 179 g/mol. The van der Waals surface area contributed by atoms with Crippen molar-refractivity contribution in [3.05, 3.63) is 0 Å². The average Bonchev–Trinajstić information content (AvgIpc) is 0. The molecule has 0 saturated carbocycles. The fraction of sp³-hybridized carbons (Fsp3) is 0. The first-order valence-corrected chi connectivity index (χ1v) is 0. The molecule has 0 aliphatic rings. The second-order valence-corrected chi connectivity index (χ2v) is 0. The Hall–Kier alpha value is 2.70. The van der Waals surface area contributed by atoms with E-state index in [1.54, 1.807) is 0 Å². The fourth-order valence-corrected chi connectivity index (χ4v) is 0. The molecular formula is H9Al3Y. The molecule has 0 nitrogen and oxygen atoms in total. The maximum absolute atomic E-state index is 0. The predicted octanol–water partition coefficient (Wildman–Crippen LogP) is -3.55. The molecule has 0 spiro atoms. The maximum atomic E-state index is 0. The molecule has 0 aliphatic carbocycles. The van der Waals surface area contributed by atoms with Crippen LogP contribution in [0.1, 0.15) is 0 Å². The van der Waals surface area contributed by atoms with Crippen molar-refractivity contribution in [3.63, 3.8) is 0 Å². The molecule has 0 unspecified atom stereocenters. The Labute approximate surface area is 83.4 Å². The van der Waals surface area contributed by atoms with E-state index in [-0.39, 0.29) is 84.8 Å². The second kappa shape index (κ2) is 17.3. The van der Waals surface area contributed by atoms with Crippen LogP contribution in [0.15, 0.2) is 0 Å². The van der Waals surface area contributed by atoms with Crippen molar-refractivity contribution < 1.29 is 32.7 Å². The van der Waals surface area contributed by atoms with Crippen LogP contribution in [-0.2, 0) is 32.7 Å². The van der Waals surface area contributed by atoms with Gasteiger partial charge in [-0.25, -0.2) is 0 Å². The van der Waals surface area contributed by atoms with Gasteiger partial charge in [0.25, 0.3) is 0 Å². The van der Waals surface area contributed by atoms with E-state index in [1.165, 1.54) is 0 Å². The van der Waals surface area contributed by atoms with E-state index in [1.807, 2.05) is 0 Å². The zero-order valence-electron chi connectivity index (χ0n) is 0.577. The standard InChI is InChI=1S/3Al.Y.9H. The van der Waals surface area contributed by atoms with Gasteiger partial charge in [0.05, 0.1) is 0 Å². The molecule has 21 valence electrons. The molecule has 4 heteroatoms.